The SMILES string of the molecule is [c]1cccc2c1-c1cc3c(cc1CC2)-c1ccccc1CC3. The Labute approximate surface area is 131 Å². The van der Waals surface area contributed by atoms with Crippen LogP contribution in [0.1, 0.15) is 22.3 Å². The maximum atomic E-state index is 3.47. The van der Waals surface area contributed by atoms with Gasteiger partial charge in [-0.15, -0.1) is 0 Å². The molecule has 2 aliphatic rings. The van der Waals surface area contributed by atoms with Gasteiger partial charge in [-0.1, -0.05) is 54.6 Å². The van der Waals surface area contributed by atoms with Gasteiger partial charge in [0.2, 0.25) is 0 Å². The normalized spacial score (nSPS) is 14.5. The zero-order valence-electron chi connectivity index (χ0n) is 12.5. The lowest BCUT2D eigenvalue weighted by molar-refractivity contribution is 0.916. The van der Waals surface area contributed by atoms with Gasteiger partial charge < -0.3 is 0 Å². The van der Waals surface area contributed by atoms with Crippen LogP contribution in [-0.4, -0.2) is 0 Å². The number of benzene rings is 3. The van der Waals surface area contributed by atoms with E-state index >= 15 is 0 Å². The first kappa shape index (κ1) is 12.2. The van der Waals surface area contributed by atoms with E-state index in [4.69, 9.17) is 0 Å². The van der Waals surface area contributed by atoms with Gasteiger partial charge >= 0.3 is 0 Å². The Hall–Kier alpha value is -2.34. The second-order valence-electron chi connectivity index (χ2n) is 6.39. The first-order chi connectivity index (χ1) is 10.9. The van der Waals surface area contributed by atoms with Gasteiger partial charge in [0.25, 0.3) is 0 Å². The average Bonchev–Trinajstić information content (AvgIpc) is 2.60. The maximum Gasteiger partial charge on any atom is -0.00701 e. The Kier molecular flexibility index (Phi) is 2.54. The molecule has 3 aromatic carbocycles. The first-order valence-electron chi connectivity index (χ1n) is 8.14. The van der Waals surface area contributed by atoms with Crippen molar-refractivity contribution >= 4 is 0 Å². The van der Waals surface area contributed by atoms with Gasteiger partial charge in [0.05, 0.1) is 0 Å². The number of rotatable bonds is 0. The molecule has 2 aliphatic carbocycles. The Morgan fingerprint density at radius 3 is 2.23 bits per heavy atom. The highest BCUT2D eigenvalue weighted by atomic mass is 14.3. The molecule has 0 heterocycles. The Bertz CT molecular complexity index is 811. The summed E-state index contributed by atoms with van der Waals surface area (Å²) in [5.74, 6) is 0. The van der Waals surface area contributed by atoms with Gasteiger partial charge in [-0.2, -0.15) is 0 Å². The minimum absolute atomic E-state index is 1.14. The molecule has 3 aromatic rings. The highest BCUT2D eigenvalue weighted by Gasteiger charge is 2.21. The van der Waals surface area contributed by atoms with Crippen LogP contribution >= 0.6 is 0 Å². The van der Waals surface area contributed by atoms with Crippen LogP contribution in [0, 0.1) is 6.07 Å². The summed E-state index contributed by atoms with van der Waals surface area (Å²) >= 11 is 0. The Balaban J connectivity index is 1.76. The van der Waals surface area contributed by atoms with E-state index in [1.807, 2.05) is 6.07 Å². The van der Waals surface area contributed by atoms with Crippen molar-refractivity contribution in [2.24, 2.45) is 0 Å². The molecular formula is C22H17. The van der Waals surface area contributed by atoms with Crippen molar-refractivity contribution in [3.63, 3.8) is 0 Å². The van der Waals surface area contributed by atoms with Crippen LogP contribution < -0.4 is 0 Å². The molecule has 0 saturated carbocycles. The summed E-state index contributed by atoms with van der Waals surface area (Å²) in [6.07, 6.45) is 4.60. The third kappa shape index (κ3) is 1.70. The quantitative estimate of drug-likeness (QED) is 0.543. The number of fused-ring (bicyclic) bond motifs is 6. The Morgan fingerprint density at radius 1 is 0.591 bits per heavy atom. The van der Waals surface area contributed by atoms with Crippen LogP contribution in [0.5, 0.6) is 0 Å². The fourth-order valence-corrected chi connectivity index (χ4v) is 4.06. The second kappa shape index (κ2) is 4.58. The standard InChI is InChI=1S/C22H17/c1-3-7-19-15(5-1)9-11-17-14-22-18(13-21(17)19)12-10-16-6-2-4-8-20(16)22/h1-7,13-14H,9-12H2. The second-order valence-corrected chi connectivity index (χ2v) is 6.39. The third-order valence-corrected chi connectivity index (χ3v) is 5.18. The third-order valence-electron chi connectivity index (χ3n) is 5.18. The van der Waals surface area contributed by atoms with Crippen molar-refractivity contribution in [3.05, 3.63) is 82.9 Å². The molecule has 0 aromatic heterocycles. The molecular weight excluding hydrogens is 264 g/mol. The molecule has 1 radical (unpaired) electrons. The summed E-state index contributed by atoms with van der Waals surface area (Å²) in [6, 6.07) is 23.7. The molecule has 0 saturated heterocycles. The molecule has 0 nitrogen and oxygen atoms in total. The molecule has 0 spiro atoms. The molecule has 0 unspecified atom stereocenters. The lowest BCUT2D eigenvalue weighted by Crippen LogP contribution is -2.09. The lowest BCUT2D eigenvalue weighted by Gasteiger charge is -2.26. The van der Waals surface area contributed by atoms with Gasteiger partial charge in [0.1, 0.15) is 0 Å². The van der Waals surface area contributed by atoms with Gasteiger partial charge in [-0.05, 0) is 76.3 Å². The first-order valence-corrected chi connectivity index (χ1v) is 8.14. The molecule has 0 N–H and O–H groups in total. The van der Waals surface area contributed by atoms with E-state index in [1.165, 1.54) is 44.5 Å². The molecule has 0 heteroatoms. The van der Waals surface area contributed by atoms with Gasteiger partial charge in [-0.3, -0.25) is 0 Å². The predicted molar refractivity (Wildman–Crippen MR) is 91.0 cm³/mol. The minimum atomic E-state index is 1.14. The summed E-state index contributed by atoms with van der Waals surface area (Å²) < 4.78 is 0. The van der Waals surface area contributed by atoms with Crippen molar-refractivity contribution in [1.82, 2.24) is 0 Å². The summed E-state index contributed by atoms with van der Waals surface area (Å²) in [5.41, 5.74) is 11.6. The van der Waals surface area contributed by atoms with Crippen LogP contribution in [0.25, 0.3) is 22.3 Å². The van der Waals surface area contributed by atoms with Crippen molar-refractivity contribution < 1.29 is 0 Å². The van der Waals surface area contributed by atoms with Crippen LogP contribution in [0.3, 0.4) is 0 Å². The van der Waals surface area contributed by atoms with E-state index in [9.17, 15) is 0 Å². The minimum Gasteiger partial charge on any atom is -0.0620 e. The van der Waals surface area contributed by atoms with Gasteiger partial charge in [-0.25, -0.2) is 0 Å². The topological polar surface area (TPSA) is 0 Å². The largest absolute Gasteiger partial charge is 0.0620 e. The maximum absolute atomic E-state index is 3.47. The highest BCUT2D eigenvalue weighted by molar-refractivity contribution is 5.81. The smallest absolute Gasteiger partial charge is 0.00701 e. The van der Waals surface area contributed by atoms with Gasteiger partial charge in [0.15, 0.2) is 0 Å². The van der Waals surface area contributed by atoms with E-state index in [-0.39, 0.29) is 0 Å². The summed E-state index contributed by atoms with van der Waals surface area (Å²) in [7, 11) is 0. The molecule has 0 bridgehead atoms. The number of hydrogen-bond acceptors (Lipinski definition) is 0. The molecule has 0 aliphatic heterocycles. The monoisotopic (exact) mass is 281 g/mol. The van der Waals surface area contributed by atoms with Crippen LogP contribution in [0.15, 0.2) is 54.6 Å². The molecule has 0 atom stereocenters. The predicted octanol–water partition coefficient (Wildman–Crippen LogP) is 5.02. The average molecular weight is 281 g/mol. The van der Waals surface area contributed by atoms with Crippen LogP contribution in [0.4, 0.5) is 0 Å². The van der Waals surface area contributed by atoms with E-state index in [0.717, 1.165) is 25.7 Å². The number of hydrogen-bond donors (Lipinski definition) is 0. The fourth-order valence-electron chi connectivity index (χ4n) is 4.06. The van der Waals surface area contributed by atoms with Crippen LogP contribution in [0.2, 0.25) is 0 Å². The van der Waals surface area contributed by atoms with Crippen LogP contribution in [-0.2, 0) is 25.7 Å². The zero-order valence-corrected chi connectivity index (χ0v) is 12.5. The van der Waals surface area contributed by atoms with E-state index in [2.05, 4.69) is 54.6 Å². The van der Waals surface area contributed by atoms with Crippen molar-refractivity contribution in [1.29, 1.82) is 0 Å². The summed E-state index contributed by atoms with van der Waals surface area (Å²) in [5, 5.41) is 0. The van der Waals surface area contributed by atoms with Crippen molar-refractivity contribution in [2.75, 3.05) is 0 Å². The molecule has 5 rings (SSSR count). The summed E-state index contributed by atoms with van der Waals surface area (Å²) in [6.45, 7) is 0. The molecule has 0 amide bonds. The summed E-state index contributed by atoms with van der Waals surface area (Å²) in [4.78, 5) is 0. The molecule has 0 fully saturated rings. The molecule has 22 heavy (non-hydrogen) atoms. The van der Waals surface area contributed by atoms with E-state index in [1.54, 1.807) is 0 Å². The highest BCUT2D eigenvalue weighted by Crippen LogP contribution is 2.40. The van der Waals surface area contributed by atoms with E-state index in [0.29, 0.717) is 0 Å². The fraction of sp³-hybridized carbons (Fsp3) is 0.182. The lowest BCUT2D eigenvalue weighted by atomic mass is 9.78. The Morgan fingerprint density at radius 2 is 1.27 bits per heavy atom. The zero-order chi connectivity index (χ0) is 14.5. The van der Waals surface area contributed by atoms with E-state index < -0.39 is 0 Å². The molecule has 105 valence electrons. The number of aryl methyl sites for hydroxylation is 4. The van der Waals surface area contributed by atoms with Gasteiger partial charge in [0, 0.05) is 0 Å². The van der Waals surface area contributed by atoms with Crippen molar-refractivity contribution in [2.45, 2.75) is 25.7 Å². The van der Waals surface area contributed by atoms with Crippen molar-refractivity contribution in [3.8, 4) is 22.3 Å².